The molecule has 1 aliphatic carbocycles. The maximum Gasteiger partial charge on any atom is 0.139 e. The van der Waals surface area contributed by atoms with Gasteiger partial charge in [0.25, 0.3) is 0 Å². The third-order valence-electron chi connectivity index (χ3n) is 8.68. The molecule has 200 valence electrons. The van der Waals surface area contributed by atoms with E-state index in [-0.39, 0.29) is 11.5 Å². The van der Waals surface area contributed by atoms with Crippen molar-refractivity contribution in [2.45, 2.75) is 64.1 Å². The SMILES string of the molecule is CCCN1c2ccccc2C(C)(C)C1/C=C/C1=CC2Oc3cc(O)c(CN4CCOCC4)cc3C=C2CC1. The Hall–Kier alpha value is -3.02. The third kappa shape index (κ3) is 4.67. The molecule has 2 atom stereocenters. The van der Waals surface area contributed by atoms with Crippen LogP contribution in [-0.2, 0) is 16.7 Å². The minimum absolute atomic E-state index is 0.0548. The summed E-state index contributed by atoms with van der Waals surface area (Å²) in [7, 11) is 0. The van der Waals surface area contributed by atoms with Crippen LogP contribution in [0.1, 0.15) is 56.7 Å². The van der Waals surface area contributed by atoms with Gasteiger partial charge in [0.15, 0.2) is 0 Å². The molecule has 0 saturated carbocycles. The van der Waals surface area contributed by atoms with Crippen LogP contribution in [0.3, 0.4) is 0 Å². The van der Waals surface area contributed by atoms with Gasteiger partial charge < -0.3 is 19.5 Å². The zero-order valence-electron chi connectivity index (χ0n) is 23.0. The van der Waals surface area contributed by atoms with Gasteiger partial charge in [-0.2, -0.15) is 0 Å². The van der Waals surface area contributed by atoms with E-state index in [0.717, 1.165) is 75.5 Å². The van der Waals surface area contributed by atoms with E-state index in [2.05, 4.69) is 85.2 Å². The highest BCUT2D eigenvalue weighted by Crippen LogP contribution is 2.46. The lowest BCUT2D eigenvalue weighted by atomic mass is 9.80. The summed E-state index contributed by atoms with van der Waals surface area (Å²) < 4.78 is 11.9. The van der Waals surface area contributed by atoms with Gasteiger partial charge in [0.1, 0.15) is 17.6 Å². The summed E-state index contributed by atoms with van der Waals surface area (Å²) in [6.07, 6.45) is 12.4. The van der Waals surface area contributed by atoms with E-state index in [1.807, 2.05) is 0 Å². The van der Waals surface area contributed by atoms with Crippen molar-refractivity contribution in [1.82, 2.24) is 4.90 Å². The van der Waals surface area contributed by atoms with Crippen LogP contribution in [0.25, 0.3) is 6.08 Å². The first-order valence-electron chi connectivity index (χ1n) is 14.2. The van der Waals surface area contributed by atoms with Gasteiger partial charge >= 0.3 is 0 Å². The van der Waals surface area contributed by atoms with E-state index in [9.17, 15) is 5.11 Å². The van der Waals surface area contributed by atoms with Gasteiger partial charge in [-0.05, 0) is 60.3 Å². The summed E-state index contributed by atoms with van der Waals surface area (Å²) in [6.45, 7) is 12.1. The number of morpholine rings is 1. The lowest BCUT2D eigenvalue weighted by molar-refractivity contribution is 0.0338. The molecular formula is C33H40N2O3. The maximum atomic E-state index is 10.8. The van der Waals surface area contributed by atoms with Crippen LogP contribution in [-0.4, -0.2) is 55.0 Å². The number of rotatable bonds is 6. The molecule has 2 aromatic rings. The van der Waals surface area contributed by atoms with Crippen molar-refractivity contribution in [2.24, 2.45) is 0 Å². The lowest BCUT2D eigenvalue weighted by Crippen LogP contribution is -2.40. The second-order valence-electron chi connectivity index (χ2n) is 11.6. The normalized spacial score (nSPS) is 24.3. The Kier molecular flexibility index (Phi) is 6.83. The first-order chi connectivity index (χ1) is 18.4. The molecule has 3 aliphatic heterocycles. The molecule has 0 amide bonds. The standard InChI is InChI=1S/C33H40N2O3/c1-4-13-35-28-8-6-5-7-27(28)33(2,3)32(35)12-10-23-9-11-24-19-25-20-26(22-34-14-16-37-17-15-34)29(36)21-31(25)38-30(24)18-23/h5-8,10,12,18-21,30,32,36H,4,9,11,13-17,22H2,1-3H3/b12-10+. The Labute approximate surface area is 227 Å². The van der Waals surface area contributed by atoms with Crippen LogP contribution in [0.4, 0.5) is 5.69 Å². The molecule has 0 aromatic heterocycles. The van der Waals surface area contributed by atoms with Crippen molar-refractivity contribution in [3.05, 3.63) is 82.5 Å². The van der Waals surface area contributed by atoms with E-state index in [0.29, 0.717) is 11.8 Å². The Morgan fingerprint density at radius 1 is 1.11 bits per heavy atom. The Bertz CT molecular complexity index is 1290. The molecule has 0 radical (unpaired) electrons. The van der Waals surface area contributed by atoms with Crippen molar-refractivity contribution < 1.29 is 14.6 Å². The molecule has 2 aromatic carbocycles. The van der Waals surface area contributed by atoms with Gasteiger partial charge in [-0.3, -0.25) is 4.90 Å². The molecule has 1 saturated heterocycles. The highest BCUT2D eigenvalue weighted by atomic mass is 16.5. The number of hydrogen-bond acceptors (Lipinski definition) is 5. The average molecular weight is 513 g/mol. The number of allylic oxidation sites excluding steroid dienone is 2. The number of phenolic OH excluding ortho intramolecular Hbond substituents is 1. The number of fused-ring (bicyclic) bond motifs is 3. The summed E-state index contributed by atoms with van der Waals surface area (Å²) in [4.78, 5) is 4.91. The molecule has 1 N–H and O–H groups in total. The van der Waals surface area contributed by atoms with E-state index < -0.39 is 0 Å². The topological polar surface area (TPSA) is 45.2 Å². The smallest absolute Gasteiger partial charge is 0.139 e. The Balaban J connectivity index is 1.20. The van der Waals surface area contributed by atoms with Crippen LogP contribution in [0.5, 0.6) is 11.5 Å². The quantitative estimate of drug-likeness (QED) is 0.498. The number of aromatic hydroxyl groups is 1. The molecule has 0 spiro atoms. The minimum Gasteiger partial charge on any atom is -0.507 e. The summed E-state index contributed by atoms with van der Waals surface area (Å²) in [5.74, 6) is 1.08. The largest absolute Gasteiger partial charge is 0.507 e. The Morgan fingerprint density at radius 2 is 1.92 bits per heavy atom. The van der Waals surface area contributed by atoms with E-state index >= 15 is 0 Å². The van der Waals surface area contributed by atoms with Crippen LogP contribution in [0.15, 0.2) is 65.8 Å². The molecule has 5 nitrogen and oxygen atoms in total. The number of hydrogen-bond donors (Lipinski definition) is 1. The van der Waals surface area contributed by atoms with Crippen LogP contribution in [0.2, 0.25) is 0 Å². The number of para-hydroxylation sites is 1. The Morgan fingerprint density at radius 3 is 2.74 bits per heavy atom. The van der Waals surface area contributed by atoms with Crippen LogP contribution in [0, 0.1) is 0 Å². The number of phenols is 1. The van der Waals surface area contributed by atoms with Crippen molar-refractivity contribution >= 4 is 11.8 Å². The van der Waals surface area contributed by atoms with Gasteiger partial charge in [0, 0.05) is 54.5 Å². The number of nitrogens with zero attached hydrogens (tertiary/aromatic N) is 2. The van der Waals surface area contributed by atoms with Crippen molar-refractivity contribution in [2.75, 3.05) is 37.7 Å². The first kappa shape index (κ1) is 25.3. The van der Waals surface area contributed by atoms with Gasteiger partial charge in [-0.25, -0.2) is 0 Å². The molecule has 0 bridgehead atoms. The fourth-order valence-corrected chi connectivity index (χ4v) is 6.56. The van der Waals surface area contributed by atoms with E-state index in [1.54, 1.807) is 6.07 Å². The zero-order valence-corrected chi connectivity index (χ0v) is 23.0. The van der Waals surface area contributed by atoms with Crippen molar-refractivity contribution in [3.8, 4) is 11.5 Å². The van der Waals surface area contributed by atoms with Gasteiger partial charge in [-0.15, -0.1) is 0 Å². The third-order valence-corrected chi connectivity index (χ3v) is 8.68. The fourth-order valence-electron chi connectivity index (χ4n) is 6.56. The summed E-state index contributed by atoms with van der Waals surface area (Å²) in [5, 5.41) is 10.8. The van der Waals surface area contributed by atoms with Gasteiger partial charge in [0.2, 0.25) is 0 Å². The molecular weight excluding hydrogens is 472 g/mol. The molecule has 4 aliphatic rings. The molecule has 5 heteroatoms. The predicted octanol–water partition coefficient (Wildman–Crippen LogP) is 6.22. The fraction of sp³-hybridized carbons (Fsp3) is 0.455. The second kappa shape index (κ2) is 10.3. The minimum atomic E-state index is -0.0686. The van der Waals surface area contributed by atoms with Gasteiger partial charge in [0.05, 0.1) is 19.3 Å². The monoisotopic (exact) mass is 512 g/mol. The number of benzene rings is 2. The highest BCUT2D eigenvalue weighted by Gasteiger charge is 2.42. The zero-order chi connectivity index (χ0) is 26.3. The highest BCUT2D eigenvalue weighted by molar-refractivity contribution is 5.68. The molecule has 2 unspecified atom stereocenters. The summed E-state index contributed by atoms with van der Waals surface area (Å²) in [5.41, 5.74) is 7.54. The van der Waals surface area contributed by atoms with Crippen LogP contribution >= 0.6 is 0 Å². The molecule has 1 fully saturated rings. The number of anilines is 1. The molecule has 6 rings (SSSR count). The molecule has 3 heterocycles. The predicted molar refractivity (Wildman–Crippen MR) is 154 cm³/mol. The van der Waals surface area contributed by atoms with E-state index in [1.165, 1.54) is 22.4 Å². The lowest BCUT2D eigenvalue weighted by Gasteiger charge is -2.33. The molecule has 38 heavy (non-hydrogen) atoms. The first-order valence-corrected chi connectivity index (χ1v) is 14.2. The maximum absolute atomic E-state index is 10.8. The summed E-state index contributed by atoms with van der Waals surface area (Å²) in [6, 6.07) is 13.1. The van der Waals surface area contributed by atoms with Crippen LogP contribution < -0.4 is 9.64 Å². The van der Waals surface area contributed by atoms with E-state index in [4.69, 9.17) is 9.47 Å². The number of ether oxygens (including phenoxy) is 2. The second-order valence-corrected chi connectivity index (χ2v) is 11.6. The van der Waals surface area contributed by atoms with Crippen molar-refractivity contribution in [3.63, 3.8) is 0 Å². The van der Waals surface area contributed by atoms with Crippen molar-refractivity contribution in [1.29, 1.82) is 0 Å². The average Bonchev–Trinajstić information content (AvgIpc) is 3.13. The summed E-state index contributed by atoms with van der Waals surface area (Å²) >= 11 is 0. The van der Waals surface area contributed by atoms with Gasteiger partial charge in [-0.1, -0.05) is 51.1 Å².